The molecule has 0 aliphatic heterocycles. The van der Waals surface area contributed by atoms with Crippen LogP contribution in [0.15, 0.2) is 53.9 Å². The zero-order chi connectivity index (χ0) is 22.2. The molecule has 0 radical (unpaired) electrons. The number of ketones is 1. The van der Waals surface area contributed by atoms with Crippen LogP contribution in [-0.4, -0.2) is 41.9 Å². The SMILES string of the molecule is Cc1[nH]c2ccccc2c1C(=O)C(C)Sc1nnc(-c2ccncc2)n1CC(F)(F)F. The predicted octanol–water partition coefficient (Wildman–Crippen LogP) is 5.06. The van der Waals surface area contributed by atoms with Crippen molar-refractivity contribution >= 4 is 28.4 Å². The number of halogens is 3. The van der Waals surface area contributed by atoms with E-state index in [2.05, 4.69) is 20.2 Å². The lowest BCUT2D eigenvalue weighted by molar-refractivity contribution is -0.141. The number of hydrogen-bond acceptors (Lipinski definition) is 5. The first-order chi connectivity index (χ1) is 14.7. The second-order valence-corrected chi connectivity index (χ2v) is 8.35. The molecule has 0 bridgehead atoms. The number of Topliss-reactive ketones (excluding diaryl/α,β-unsaturated/α-hetero) is 1. The second-order valence-electron chi connectivity index (χ2n) is 7.04. The van der Waals surface area contributed by atoms with Gasteiger partial charge in [-0.15, -0.1) is 10.2 Å². The Kier molecular flexibility index (Phi) is 5.57. The number of carbonyl (C=O) groups excluding carboxylic acids is 1. The minimum absolute atomic E-state index is 0.0301. The number of H-pyrrole nitrogens is 1. The van der Waals surface area contributed by atoms with Crippen molar-refractivity contribution in [2.24, 2.45) is 0 Å². The van der Waals surface area contributed by atoms with Crippen molar-refractivity contribution in [2.75, 3.05) is 0 Å². The summed E-state index contributed by atoms with van der Waals surface area (Å²) in [6.45, 7) is 2.21. The number of pyridine rings is 1. The summed E-state index contributed by atoms with van der Waals surface area (Å²) in [4.78, 5) is 20.2. The fourth-order valence-corrected chi connectivity index (χ4v) is 4.33. The van der Waals surface area contributed by atoms with Crippen LogP contribution < -0.4 is 0 Å². The number of rotatable bonds is 6. The number of nitrogens with zero attached hydrogens (tertiary/aromatic N) is 4. The molecule has 0 saturated carbocycles. The van der Waals surface area contributed by atoms with E-state index in [1.165, 1.54) is 12.4 Å². The van der Waals surface area contributed by atoms with E-state index in [-0.39, 0.29) is 16.8 Å². The Bertz CT molecular complexity index is 1230. The molecule has 0 aliphatic rings. The highest BCUT2D eigenvalue weighted by molar-refractivity contribution is 8.00. The molecule has 31 heavy (non-hydrogen) atoms. The van der Waals surface area contributed by atoms with Crippen molar-refractivity contribution in [1.82, 2.24) is 24.7 Å². The Morgan fingerprint density at radius 2 is 1.87 bits per heavy atom. The lowest BCUT2D eigenvalue weighted by Gasteiger charge is -2.15. The summed E-state index contributed by atoms with van der Waals surface area (Å²) in [5.74, 6) is -0.114. The quantitative estimate of drug-likeness (QED) is 0.332. The Labute approximate surface area is 179 Å². The zero-order valence-corrected chi connectivity index (χ0v) is 17.5. The number of hydrogen-bond donors (Lipinski definition) is 1. The number of carbonyl (C=O) groups is 1. The minimum atomic E-state index is -4.47. The summed E-state index contributed by atoms with van der Waals surface area (Å²) in [7, 11) is 0. The van der Waals surface area contributed by atoms with Crippen molar-refractivity contribution in [3.05, 3.63) is 60.0 Å². The molecule has 1 aromatic carbocycles. The molecule has 4 aromatic rings. The first kappa shape index (κ1) is 21.1. The summed E-state index contributed by atoms with van der Waals surface area (Å²) in [6.07, 6.45) is -1.53. The van der Waals surface area contributed by atoms with Crippen molar-refractivity contribution < 1.29 is 18.0 Å². The van der Waals surface area contributed by atoms with Crippen LogP contribution in [0.2, 0.25) is 0 Å². The van der Waals surface area contributed by atoms with Gasteiger partial charge in [-0.3, -0.25) is 14.3 Å². The Balaban J connectivity index is 1.67. The minimum Gasteiger partial charge on any atom is -0.358 e. The monoisotopic (exact) mass is 445 g/mol. The molecule has 0 aliphatic carbocycles. The molecular weight excluding hydrogens is 427 g/mol. The molecule has 160 valence electrons. The van der Waals surface area contributed by atoms with Gasteiger partial charge in [0.15, 0.2) is 16.8 Å². The maximum Gasteiger partial charge on any atom is 0.406 e. The van der Waals surface area contributed by atoms with Crippen LogP contribution in [0.4, 0.5) is 13.2 Å². The molecule has 3 aromatic heterocycles. The Hall–Kier alpha value is -3.14. The summed E-state index contributed by atoms with van der Waals surface area (Å²) in [5, 5.41) is 8.07. The van der Waals surface area contributed by atoms with Gasteiger partial charge in [-0.1, -0.05) is 30.0 Å². The number of alkyl halides is 3. The van der Waals surface area contributed by atoms with Crippen LogP contribution in [0.5, 0.6) is 0 Å². The lowest BCUT2D eigenvalue weighted by atomic mass is 10.1. The molecule has 0 amide bonds. The van der Waals surface area contributed by atoms with Gasteiger partial charge in [0.05, 0.1) is 5.25 Å². The van der Waals surface area contributed by atoms with Crippen LogP contribution in [0.3, 0.4) is 0 Å². The highest BCUT2D eigenvalue weighted by Gasteiger charge is 2.33. The average molecular weight is 445 g/mol. The van der Waals surface area contributed by atoms with Crippen LogP contribution >= 0.6 is 11.8 Å². The number of aromatic nitrogens is 5. The number of thioether (sulfide) groups is 1. The third-order valence-corrected chi connectivity index (χ3v) is 5.86. The molecule has 4 rings (SSSR count). The predicted molar refractivity (Wildman–Crippen MR) is 112 cm³/mol. The number of aromatic amines is 1. The van der Waals surface area contributed by atoms with Crippen molar-refractivity contribution in [1.29, 1.82) is 0 Å². The van der Waals surface area contributed by atoms with E-state index >= 15 is 0 Å². The maximum atomic E-state index is 13.3. The lowest BCUT2D eigenvalue weighted by Crippen LogP contribution is -2.21. The molecular formula is C21H18F3N5OS. The molecule has 3 heterocycles. The van der Waals surface area contributed by atoms with Crippen LogP contribution in [0.1, 0.15) is 23.0 Å². The van der Waals surface area contributed by atoms with Crippen LogP contribution in [0.25, 0.3) is 22.3 Å². The summed E-state index contributed by atoms with van der Waals surface area (Å²) in [6, 6.07) is 10.6. The molecule has 1 unspecified atom stereocenters. The van der Waals surface area contributed by atoms with Crippen molar-refractivity contribution in [3.63, 3.8) is 0 Å². The third kappa shape index (κ3) is 4.34. The standard InChI is InChI=1S/C21H18F3N5OS/c1-12-17(15-5-3-4-6-16(15)26-12)18(30)13(2)31-20-28-27-19(14-7-9-25-10-8-14)29(20)11-21(22,23)24/h3-10,13,26H,11H2,1-2H3. The van der Waals surface area contributed by atoms with Gasteiger partial charge >= 0.3 is 6.18 Å². The summed E-state index contributed by atoms with van der Waals surface area (Å²) < 4.78 is 40.8. The molecule has 0 spiro atoms. The Morgan fingerprint density at radius 3 is 2.58 bits per heavy atom. The van der Waals surface area contributed by atoms with E-state index in [9.17, 15) is 18.0 Å². The zero-order valence-electron chi connectivity index (χ0n) is 16.6. The van der Waals surface area contributed by atoms with Gasteiger partial charge < -0.3 is 4.98 Å². The van der Waals surface area contributed by atoms with Gasteiger partial charge in [-0.2, -0.15) is 13.2 Å². The molecule has 6 nitrogen and oxygen atoms in total. The van der Waals surface area contributed by atoms with E-state index in [0.717, 1.165) is 27.2 Å². The van der Waals surface area contributed by atoms with Crippen LogP contribution in [-0.2, 0) is 6.54 Å². The number of nitrogens with one attached hydrogen (secondary N) is 1. The fourth-order valence-electron chi connectivity index (χ4n) is 3.42. The van der Waals surface area contributed by atoms with E-state index < -0.39 is 18.0 Å². The van der Waals surface area contributed by atoms with Gasteiger partial charge in [-0.05, 0) is 32.0 Å². The van der Waals surface area contributed by atoms with E-state index in [0.29, 0.717) is 16.8 Å². The van der Waals surface area contributed by atoms with Gasteiger partial charge in [0.2, 0.25) is 0 Å². The number of fused-ring (bicyclic) bond motifs is 1. The highest BCUT2D eigenvalue weighted by Crippen LogP contribution is 2.33. The van der Waals surface area contributed by atoms with Gasteiger partial charge in [-0.25, -0.2) is 0 Å². The molecule has 1 atom stereocenters. The summed E-state index contributed by atoms with van der Waals surface area (Å²) in [5.41, 5.74) is 2.55. The van der Waals surface area contributed by atoms with Crippen LogP contribution in [0, 0.1) is 6.92 Å². The van der Waals surface area contributed by atoms with Gasteiger partial charge in [0, 0.05) is 40.1 Å². The van der Waals surface area contributed by atoms with E-state index in [4.69, 9.17) is 0 Å². The third-order valence-electron chi connectivity index (χ3n) is 4.78. The number of benzene rings is 1. The first-order valence-electron chi connectivity index (χ1n) is 9.43. The first-order valence-corrected chi connectivity index (χ1v) is 10.3. The maximum absolute atomic E-state index is 13.3. The highest BCUT2D eigenvalue weighted by atomic mass is 32.2. The topological polar surface area (TPSA) is 76.5 Å². The van der Waals surface area contributed by atoms with E-state index in [1.54, 1.807) is 26.0 Å². The largest absolute Gasteiger partial charge is 0.406 e. The average Bonchev–Trinajstić information content (AvgIpc) is 3.26. The summed E-state index contributed by atoms with van der Waals surface area (Å²) >= 11 is 0.960. The normalized spacial score (nSPS) is 12.9. The smallest absolute Gasteiger partial charge is 0.358 e. The Morgan fingerprint density at radius 1 is 1.16 bits per heavy atom. The second kappa shape index (κ2) is 8.18. The molecule has 10 heteroatoms. The van der Waals surface area contributed by atoms with E-state index in [1.807, 2.05) is 24.3 Å². The molecule has 0 saturated heterocycles. The van der Waals surface area contributed by atoms with Gasteiger partial charge in [0.1, 0.15) is 6.54 Å². The number of para-hydroxylation sites is 1. The molecule has 1 N–H and O–H groups in total. The fraction of sp³-hybridized carbons (Fsp3) is 0.238. The van der Waals surface area contributed by atoms with Crippen molar-refractivity contribution in [2.45, 2.75) is 37.0 Å². The van der Waals surface area contributed by atoms with Crippen molar-refractivity contribution in [3.8, 4) is 11.4 Å². The number of aryl methyl sites for hydroxylation is 1. The van der Waals surface area contributed by atoms with Gasteiger partial charge in [0.25, 0.3) is 0 Å². The molecule has 0 fully saturated rings.